The van der Waals surface area contributed by atoms with Gasteiger partial charge in [-0.1, -0.05) is 0 Å². The van der Waals surface area contributed by atoms with Crippen LogP contribution in [0.15, 0.2) is 0 Å². The Hall–Kier alpha value is -0.0800. The Balaban J connectivity index is 1.46. The number of hydrogen-bond donors (Lipinski definition) is 0. The zero-order chi connectivity index (χ0) is 14.2. The summed E-state index contributed by atoms with van der Waals surface area (Å²) in [5.41, 5.74) is 0.507. The molecule has 0 spiro atoms. The maximum absolute atomic E-state index is 6.93. The van der Waals surface area contributed by atoms with Crippen LogP contribution in [0, 0.1) is 59.2 Å². The van der Waals surface area contributed by atoms with E-state index in [0.29, 0.717) is 12.2 Å². The second-order valence-electron chi connectivity index (χ2n) is 10.6. The van der Waals surface area contributed by atoms with E-state index in [1.165, 1.54) is 25.7 Å². The van der Waals surface area contributed by atoms with Crippen molar-refractivity contribution in [2.45, 2.75) is 62.9 Å². The Morgan fingerprint density at radius 2 is 1.05 bits per heavy atom. The quantitative estimate of drug-likeness (QED) is 0.684. The van der Waals surface area contributed by atoms with Crippen molar-refractivity contribution in [3.8, 4) is 0 Å². The molecule has 2 aliphatic heterocycles. The Bertz CT molecular complexity index is 577. The number of ether oxygens (including phenoxy) is 2. The minimum atomic E-state index is 0.253. The predicted octanol–water partition coefficient (Wildman–Crippen LogP) is 3.11. The van der Waals surface area contributed by atoms with Crippen LogP contribution in [0.2, 0.25) is 0 Å². The van der Waals surface area contributed by atoms with Crippen molar-refractivity contribution in [1.29, 1.82) is 0 Å². The smallest absolute Gasteiger partial charge is 0.0726 e. The molecule has 2 saturated heterocycles. The van der Waals surface area contributed by atoms with Crippen molar-refractivity contribution >= 4 is 0 Å². The molecule has 0 aromatic rings. The average molecular weight is 298 g/mol. The molecule has 0 N–H and O–H groups in total. The van der Waals surface area contributed by atoms with Crippen LogP contribution < -0.4 is 0 Å². The maximum atomic E-state index is 6.93. The van der Waals surface area contributed by atoms with Gasteiger partial charge in [-0.15, -0.1) is 0 Å². The van der Waals surface area contributed by atoms with Gasteiger partial charge in [0.05, 0.1) is 23.4 Å². The van der Waals surface area contributed by atoms with Crippen LogP contribution in [0.1, 0.15) is 39.5 Å². The minimum Gasteiger partial charge on any atom is -0.371 e. The topological polar surface area (TPSA) is 18.5 Å². The molecular formula is C20H26O2. The minimum absolute atomic E-state index is 0.253. The summed E-state index contributed by atoms with van der Waals surface area (Å²) < 4.78 is 13.9. The van der Waals surface area contributed by atoms with Crippen LogP contribution in [0.4, 0.5) is 0 Å². The molecular weight excluding hydrogens is 272 g/mol. The van der Waals surface area contributed by atoms with E-state index in [1.807, 2.05) is 0 Å². The highest BCUT2D eigenvalue weighted by Crippen LogP contribution is 2.86. The fourth-order valence-corrected chi connectivity index (χ4v) is 11.2. The third kappa shape index (κ3) is 0.775. The van der Waals surface area contributed by atoms with Crippen molar-refractivity contribution in [1.82, 2.24) is 0 Å². The predicted molar refractivity (Wildman–Crippen MR) is 79.9 cm³/mol. The molecule has 2 heteroatoms. The molecule has 0 aromatic carbocycles. The first kappa shape index (κ1) is 11.5. The Labute approximate surface area is 132 Å². The maximum Gasteiger partial charge on any atom is 0.0726 e. The second kappa shape index (κ2) is 2.86. The standard InChI is InChI=1S/C20H26O2/c1-19-15-7-3-6-10-12(7)18-13(15)14-16(20(18,2)22-10)8-4-5-9(21-19)11(8)17(14)19/h7-18H,3-6H2,1-2H3. The molecule has 0 aromatic heterocycles. The summed E-state index contributed by atoms with van der Waals surface area (Å²) >= 11 is 0. The zero-order valence-electron chi connectivity index (χ0n) is 13.6. The van der Waals surface area contributed by atoms with Crippen LogP contribution in [0.25, 0.3) is 0 Å². The van der Waals surface area contributed by atoms with E-state index in [-0.39, 0.29) is 11.2 Å². The van der Waals surface area contributed by atoms with Crippen molar-refractivity contribution < 1.29 is 9.47 Å². The van der Waals surface area contributed by atoms with Crippen molar-refractivity contribution in [3.63, 3.8) is 0 Å². The molecule has 6 saturated carbocycles. The fraction of sp³-hybridized carbons (Fsp3) is 1.00. The first-order valence-electron chi connectivity index (χ1n) is 10.0. The molecule has 14 atom stereocenters. The number of fused-ring (bicyclic) bond motifs is 4. The first-order valence-corrected chi connectivity index (χ1v) is 10.0. The van der Waals surface area contributed by atoms with Gasteiger partial charge >= 0.3 is 0 Å². The van der Waals surface area contributed by atoms with Crippen LogP contribution >= 0.6 is 0 Å². The molecule has 0 amide bonds. The molecule has 2 heterocycles. The van der Waals surface area contributed by atoms with Crippen LogP contribution in [-0.2, 0) is 9.47 Å². The van der Waals surface area contributed by atoms with Gasteiger partial charge in [0.25, 0.3) is 0 Å². The highest BCUT2D eigenvalue weighted by Gasteiger charge is 2.88. The molecule has 6 aliphatic carbocycles. The van der Waals surface area contributed by atoms with E-state index in [4.69, 9.17) is 9.47 Å². The molecule has 22 heavy (non-hydrogen) atoms. The van der Waals surface area contributed by atoms with E-state index in [9.17, 15) is 0 Å². The average Bonchev–Trinajstić information content (AvgIpc) is 3.19. The second-order valence-corrected chi connectivity index (χ2v) is 10.6. The summed E-state index contributed by atoms with van der Waals surface area (Å²) in [6, 6.07) is 0. The highest BCUT2D eigenvalue weighted by atomic mass is 16.5. The molecule has 2 nitrogen and oxygen atoms in total. The SMILES string of the molecule is CC12OC3CCC4C3C1C1C3C2C2CCC5OC(C)(C41)C3C52. The largest absolute Gasteiger partial charge is 0.371 e. The van der Waals surface area contributed by atoms with Crippen molar-refractivity contribution in [2.24, 2.45) is 59.2 Å². The molecule has 8 fully saturated rings. The van der Waals surface area contributed by atoms with E-state index in [2.05, 4.69) is 13.8 Å². The Kier molecular flexibility index (Phi) is 1.49. The monoisotopic (exact) mass is 298 g/mol. The number of rotatable bonds is 0. The van der Waals surface area contributed by atoms with Crippen molar-refractivity contribution in [3.05, 3.63) is 0 Å². The van der Waals surface area contributed by atoms with Gasteiger partial charge in [-0.05, 0) is 98.7 Å². The highest BCUT2D eigenvalue weighted by molar-refractivity contribution is 5.35. The normalized spacial score (nSPS) is 83.2. The Morgan fingerprint density at radius 3 is 1.50 bits per heavy atom. The van der Waals surface area contributed by atoms with Crippen LogP contribution in [0.3, 0.4) is 0 Å². The molecule has 8 aliphatic rings. The number of hydrogen-bond acceptors (Lipinski definition) is 2. The summed E-state index contributed by atoms with van der Waals surface area (Å²) in [4.78, 5) is 0. The van der Waals surface area contributed by atoms with Gasteiger partial charge in [0.15, 0.2) is 0 Å². The van der Waals surface area contributed by atoms with Crippen LogP contribution in [-0.4, -0.2) is 23.4 Å². The third-order valence-electron chi connectivity index (χ3n) is 10.7. The summed E-state index contributed by atoms with van der Waals surface area (Å²) in [5.74, 6) is 9.21. The summed E-state index contributed by atoms with van der Waals surface area (Å²) in [6.45, 7) is 5.12. The van der Waals surface area contributed by atoms with Gasteiger partial charge in [0, 0.05) is 0 Å². The summed E-state index contributed by atoms with van der Waals surface area (Å²) in [5, 5.41) is 0. The molecule has 118 valence electrons. The lowest BCUT2D eigenvalue weighted by molar-refractivity contribution is -0.109. The molecule has 14 unspecified atom stereocenters. The molecule has 0 bridgehead atoms. The third-order valence-corrected chi connectivity index (χ3v) is 10.7. The lowest BCUT2D eigenvalue weighted by Crippen LogP contribution is -2.42. The van der Waals surface area contributed by atoms with Crippen LogP contribution in [0.5, 0.6) is 0 Å². The fourth-order valence-electron chi connectivity index (χ4n) is 11.2. The lowest BCUT2D eigenvalue weighted by Gasteiger charge is -2.36. The lowest BCUT2D eigenvalue weighted by atomic mass is 9.72. The van der Waals surface area contributed by atoms with E-state index < -0.39 is 0 Å². The van der Waals surface area contributed by atoms with Gasteiger partial charge < -0.3 is 9.47 Å². The summed E-state index contributed by atoms with van der Waals surface area (Å²) in [7, 11) is 0. The molecule has 0 radical (unpaired) electrons. The van der Waals surface area contributed by atoms with Crippen molar-refractivity contribution in [2.75, 3.05) is 0 Å². The zero-order valence-corrected chi connectivity index (χ0v) is 13.6. The van der Waals surface area contributed by atoms with Gasteiger partial charge in [0.2, 0.25) is 0 Å². The first-order chi connectivity index (χ1) is 10.6. The van der Waals surface area contributed by atoms with E-state index in [0.717, 1.165) is 59.2 Å². The molecule has 8 rings (SSSR count). The van der Waals surface area contributed by atoms with Gasteiger partial charge in [-0.25, -0.2) is 0 Å². The van der Waals surface area contributed by atoms with Gasteiger partial charge in [-0.3, -0.25) is 0 Å². The van der Waals surface area contributed by atoms with E-state index >= 15 is 0 Å². The Morgan fingerprint density at radius 1 is 0.591 bits per heavy atom. The van der Waals surface area contributed by atoms with Gasteiger partial charge in [0.1, 0.15) is 0 Å². The van der Waals surface area contributed by atoms with Gasteiger partial charge in [-0.2, -0.15) is 0 Å². The van der Waals surface area contributed by atoms with E-state index in [1.54, 1.807) is 0 Å². The summed E-state index contributed by atoms with van der Waals surface area (Å²) in [6.07, 6.45) is 6.80.